The zero-order valence-electron chi connectivity index (χ0n) is 9.19. The van der Waals surface area contributed by atoms with Crippen LogP contribution >= 0.6 is 56.9 Å². The molecular formula is C14H8ClIS2. The molecule has 18 heavy (non-hydrogen) atoms. The summed E-state index contributed by atoms with van der Waals surface area (Å²) in [6.07, 6.45) is 0. The van der Waals surface area contributed by atoms with Crippen molar-refractivity contribution in [1.82, 2.24) is 0 Å². The highest BCUT2D eigenvalue weighted by Gasteiger charge is 2.04. The van der Waals surface area contributed by atoms with Gasteiger partial charge >= 0.3 is 0 Å². The van der Waals surface area contributed by atoms with Crippen LogP contribution in [0, 0.1) is 2.88 Å². The van der Waals surface area contributed by atoms with E-state index < -0.39 is 0 Å². The Labute approximate surface area is 132 Å². The fourth-order valence-corrected chi connectivity index (χ4v) is 4.41. The smallest absolute Gasteiger partial charge is 0.0934 e. The van der Waals surface area contributed by atoms with Crippen LogP contribution in [0.1, 0.15) is 0 Å². The van der Waals surface area contributed by atoms with E-state index in [1.807, 2.05) is 17.4 Å². The van der Waals surface area contributed by atoms with Crippen LogP contribution in [-0.4, -0.2) is 0 Å². The van der Waals surface area contributed by atoms with Crippen molar-refractivity contribution in [1.29, 1.82) is 0 Å². The summed E-state index contributed by atoms with van der Waals surface area (Å²) in [7, 11) is 0. The predicted molar refractivity (Wildman–Crippen MR) is 90.8 cm³/mol. The van der Waals surface area contributed by atoms with Crippen LogP contribution in [0.25, 0.3) is 20.9 Å². The largest absolute Gasteiger partial charge is 0.129 e. The van der Waals surface area contributed by atoms with Crippen LogP contribution in [0.15, 0.2) is 48.5 Å². The maximum absolute atomic E-state index is 5.96. The lowest BCUT2D eigenvalue weighted by molar-refractivity contribution is 1.69. The maximum atomic E-state index is 5.96. The van der Waals surface area contributed by atoms with E-state index in [4.69, 9.17) is 11.6 Å². The lowest BCUT2D eigenvalue weighted by atomic mass is 10.1. The molecule has 0 N–H and O–H groups in total. The Bertz CT molecular complexity index is 608. The predicted octanol–water partition coefficient (Wildman–Crippen LogP) is 6.40. The number of thiophene rings is 2. The highest BCUT2D eigenvalue weighted by molar-refractivity contribution is 14.1. The summed E-state index contributed by atoms with van der Waals surface area (Å²) >= 11 is 11.7. The lowest BCUT2D eigenvalue weighted by Gasteiger charge is -2.00. The van der Waals surface area contributed by atoms with Gasteiger partial charge in [-0.25, -0.2) is 0 Å². The third-order valence-corrected chi connectivity index (χ3v) is 5.82. The molecule has 2 aromatic heterocycles. The van der Waals surface area contributed by atoms with Gasteiger partial charge in [-0.1, -0.05) is 35.9 Å². The number of benzene rings is 1. The first-order valence-corrected chi connectivity index (χ1v) is 8.43. The summed E-state index contributed by atoms with van der Waals surface area (Å²) in [5.41, 5.74) is 2.50. The van der Waals surface area contributed by atoms with Gasteiger partial charge in [0.05, 0.1) is 7.22 Å². The van der Waals surface area contributed by atoms with Gasteiger partial charge in [-0.3, -0.25) is 0 Å². The third-order valence-electron chi connectivity index (χ3n) is 2.60. The Morgan fingerprint density at radius 2 is 1.28 bits per heavy atom. The zero-order chi connectivity index (χ0) is 12.5. The minimum absolute atomic E-state index is 0.835. The molecule has 2 heterocycles. The molecule has 0 saturated carbocycles. The van der Waals surface area contributed by atoms with Gasteiger partial charge in [-0.15, -0.1) is 22.7 Å². The summed E-state index contributed by atoms with van der Waals surface area (Å²) in [4.78, 5) is 2.53. The van der Waals surface area contributed by atoms with Crippen molar-refractivity contribution in [2.75, 3.05) is 0 Å². The molecule has 3 rings (SSSR count). The molecule has 0 radical (unpaired) electrons. The molecule has 0 aliphatic heterocycles. The summed E-state index contributed by atoms with van der Waals surface area (Å²) in [6, 6.07) is 17.0. The van der Waals surface area contributed by atoms with Gasteiger partial charge in [-0.2, -0.15) is 0 Å². The molecule has 1 aromatic carbocycles. The van der Waals surface area contributed by atoms with E-state index in [0.717, 1.165) is 4.34 Å². The highest BCUT2D eigenvalue weighted by Crippen LogP contribution is 2.34. The molecule has 0 bridgehead atoms. The first-order chi connectivity index (χ1) is 8.72. The van der Waals surface area contributed by atoms with E-state index in [9.17, 15) is 0 Å². The molecule has 0 aliphatic rings. The van der Waals surface area contributed by atoms with Gasteiger partial charge in [-0.05, 0) is 58.0 Å². The second kappa shape index (κ2) is 5.33. The molecule has 0 saturated heterocycles. The van der Waals surface area contributed by atoms with Crippen LogP contribution in [0.4, 0.5) is 0 Å². The molecule has 3 aromatic rings. The Morgan fingerprint density at radius 1 is 0.722 bits per heavy atom. The molecule has 0 amide bonds. The van der Waals surface area contributed by atoms with Crippen molar-refractivity contribution in [3.05, 3.63) is 55.8 Å². The summed E-state index contributed by atoms with van der Waals surface area (Å²) in [6.45, 7) is 0. The van der Waals surface area contributed by atoms with Gasteiger partial charge in [0.2, 0.25) is 0 Å². The summed E-state index contributed by atoms with van der Waals surface area (Å²) in [5.74, 6) is 0. The summed E-state index contributed by atoms with van der Waals surface area (Å²) in [5, 5.41) is 0. The van der Waals surface area contributed by atoms with Crippen molar-refractivity contribution in [2.24, 2.45) is 0 Å². The quantitative estimate of drug-likeness (QED) is 0.435. The van der Waals surface area contributed by atoms with Gasteiger partial charge < -0.3 is 0 Å². The van der Waals surface area contributed by atoms with E-state index >= 15 is 0 Å². The monoisotopic (exact) mass is 402 g/mol. The standard InChI is InChI=1S/C14H8ClIS2/c15-13-7-5-11(17-13)9-1-3-10(4-2-9)12-6-8-14(16)18-12/h1-8H. The lowest BCUT2D eigenvalue weighted by Crippen LogP contribution is -1.74. The fraction of sp³-hybridized carbons (Fsp3) is 0. The molecule has 0 spiro atoms. The van der Waals surface area contributed by atoms with Crippen molar-refractivity contribution < 1.29 is 0 Å². The minimum atomic E-state index is 0.835. The third kappa shape index (κ3) is 2.64. The van der Waals surface area contributed by atoms with E-state index in [1.54, 1.807) is 11.3 Å². The Kier molecular flexibility index (Phi) is 3.75. The Hall–Kier alpha value is -0.360. The topological polar surface area (TPSA) is 0 Å². The number of hydrogen-bond acceptors (Lipinski definition) is 2. The average molecular weight is 403 g/mol. The normalized spacial score (nSPS) is 10.8. The average Bonchev–Trinajstić information content (AvgIpc) is 2.98. The van der Waals surface area contributed by atoms with Crippen molar-refractivity contribution >= 4 is 56.9 Å². The first kappa shape index (κ1) is 12.7. The molecule has 4 heteroatoms. The highest BCUT2D eigenvalue weighted by atomic mass is 127. The fourth-order valence-electron chi connectivity index (χ4n) is 1.74. The van der Waals surface area contributed by atoms with Gasteiger partial charge in [0, 0.05) is 9.75 Å². The molecule has 0 unspecified atom stereocenters. The second-order valence-corrected chi connectivity index (χ2v) is 8.48. The van der Waals surface area contributed by atoms with E-state index in [1.165, 1.54) is 23.8 Å². The van der Waals surface area contributed by atoms with E-state index in [0.29, 0.717) is 0 Å². The van der Waals surface area contributed by atoms with Crippen LogP contribution in [0.2, 0.25) is 4.34 Å². The molecule has 0 aliphatic carbocycles. The van der Waals surface area contributed by atoms with Crippen molar-refractivity contribution in [3.8, 4) is 20.9 Å². The number of rotatable bonds is 2. The molecule has 90 valence electrons. The van der Waals surface area contributed by atoms with Crippen molar-refractivity contribution in [2.45, 2.75) is 0 Å². The summed E-state index contributed by atoms with van der Waals surface area (Å²) < 4.78 is 2.15. The number of hydrogen-bond donors (Lipinski definition) is 0. The molecule has 0 fully saturated rings. The Morgan fingerprint density at radius 3 is 1.72 bits per heavy atom. The van der Waals surface area contributed by atoms with Gasteiger partial charge in [0.15, 0.2) is 0 Å². The maximum Gasteiger partial charge on any atom is 0.0934 e. The van der Waals surface area contributed by atoms with Crippen LogP contribution in [0.3, 0.4) is 0 Å². The van der Waals surface area contributed by atoms with Gasteiger partial charge in [0.1, 0.15) is 0 Å². The molecule has 0 atom stereocenters. The van der Waals surface area contributed by atoms with Crippen LogP contribution in [0.5, 0.6) is 0 Å². The molecule has 0 nitrogen and oxygen atoms in total. The minimum Gasteiger partial charge on any atom is -0.129 e. The van der Waals surface area contributed by atoms with E-state index in [-0.39, 0.29) is 0 Å². The molecular weight excluding hydrogens is 395 g/mol. The zero-order valence-corrected chi connectivity index (χ0v) is 13.7. The SMILES string of the molecule is Clc1ccc(-c2ccc(-c3ccc(I)s3)cc2)s1. The van der Waals surface area contributed by atoms with Crippen molar-refractivity contribution in [3.63, 3.8) is 0 Å². The van der Waals surface area contributed by atoms with Crippen LogP contribution < -0.4 is 0 Å². The van der Waals surface area contributed by atoms with E-state index in [2.05, 4.69) is 65.1 Å². The number of halogens is 2. The van der Waals surface area contributed by atoms with Crippen LogP contribution in [-0.2, 0) is 0 Å². The second-order valence-electron chi connectivity index (χ2n) is 3.78. The first-order valence-electron chi connectivity index (χ1n) is 5.34. The Balaban J connectivity index is 1.94. The van der Waals surface area contributed by atoms with Gasteiger partial charge in [0.25, 0.3) is 0 Å².